The van der Waals surface area contributed by atoms with Crippen LogP contribution >= 0.6 is 0 Å². The van der Waals surface area contributed by atoms with E-state index in [1.54, 1.807) is 0 Å². The fourth-order valence-electron chi connectivity index (χ4n) is 2.03. The minimum atomic E-state index is -4.25. The summed E-state index contributed by atoms with van der Waals surface area (Å²) in [6.07, 6.45) is 0. The predicted octanol–water partition coefficient (Wildman–Crippen LogP) is -1.63. The third-order valence-electron chi connectivity index (χ3n) is 2.86. The Hall–Kier alpha value is -0.590. The van der Waals surface area contributed by atoms with E-state index < -0.39 is 32.9 Å². The van der Waals surface area contributed by atoms with Gasteiger partial charge in [-0.25, -0.2) is 17.4 Å². The summed E-state index contributed by atoms with van der Waals surface area (Å²) >= 11 is -1.94. The van der Waals surface area contributed by atoms with Gasteiger partial charge in [0.1, 0.15) is 0 Å². The van der Waals surface area contributed by atoms with Gasteiger partial charge in [-0.1, -0.05) is 0 Å². The van der Waals surface area contributed by atoms with Gasteiger partial charge < -0.3 is 24.0 Å². The van der Waals surface area contributed by atoms with Gasteiger partial charge in [-0.2, -0.15) is 0 Å². The van der Waals surface area contributed by atoms with Gasteiger partial charge in [0.15, 0.2) is 17.6 Å². The molecule has 1 rings (SSSR count). The van der Waals surface area contributed by atoms with Gasteiger partial charge in [0.25, 0.3) is 0 Å². The molecule has 0 amide bonds. The average molecular weight is 360 g/mol. The van der Waals surface area contributed by atoms with Crippen LogP contribution in [0, 0.1) is 11.8 Å². The lowest BCUT2D eigenvalue weighted by molar-refractivity contribution is -0.862. The molecule has 0 saturated carbocycles. The molecule has 1 saturated heterocycles. The quantitative estimate of drug-likeness (QED) is 0.291. The third kappa shape index (κ3) is 12.0. The number of likely N-dealkylation sites (N-methyl/N-ethyl adjacent to an activating group) is 1. The summed E-state index contributed by atoms with van der Waals surface area (Å²) in [6, 6.07) is 0. The Labute approximate surface area is 133 Å². The first-order valence-electron chi connectivity index (χ1n) is 6.54. The van der Waals surface area contributed by atoms with Crippen LogP contribution in [0.2, 0.25) is 0 Å². The first-order chi connectivity index (χ1) is 9.80. The number of carbonyl (C=O) groups is 1. The largest absolute Gasteiger partial charge is 0.748 e. The van der Waals surface area contributed by atoms with E-state index in [4.69, 9.17) is 9.66 Å². The van der Waals surface area contributed by atoms with E-state index >= 15 is 0 Å². The van der Waals surface area contributed by atoms with Crippen LogP contribution < -0.4 is 5.32 Å². The number of hydrogen-bond acceptors (Lipinski definition) is 6. The molecule has 3 atom stereocenters. The molecule has 0 aromatic carbocycles. The predicted molar refractivity (Wildman–Crippen MR) is 80.6 cm³/mol. The lowest BCUT2D eigenvalue weighted by atomic mass is 10.0. The second kappa shape index (κ2) is 8.89. The Morgan fingerprint density at radius 2 is 1.82 bits per heavy atom. The lowest BCUT2D eigenvalue weighted by Gasteiger charge is -2.20. The normalized spacial score (nSPS) is 23.5. The van der Waals surface area contributed by atoms with Gasteiger partial charge in [0, 0.05) is 5.75 Å². The Morgan fingerprint density at radius 1 is 1.32 bits per heavy atom. The summed E-state index contributed by atoms with van der Waals surface area (Å²) in [7, 11) is 1.28. The summed E-state index contributed by atoms with van der Waals surface area (Å²) in [4.78, 5) is 10.00. The average Bonchev–Trinajstić information content (AvgIpc) is 2.58. The minimum absolute atomic E-state index is 0.0210. The molecule has 0 aliphatic carbocycles. The first-order valence-corrected chi connectivity index (χ1v) is 9.39. The fraction of sp³-hybridized carbons (Fsp3) is 0.909. The van der Waals surface area contributed by atoms with E-state index in [-0.39, 0.29) is 24.1 Å². The van der Waals surface area contributed by atoms with Crippen molar-refractivity contribution in [2.75, 3.05) is 52.3 Å². The SMILES string of the molecule is C[N+](C)(C)CC(=O)O.O=S(O)CC1CNCC1CS(=O)(=O)[O-]. The van der Waals surface area contributed by atoms with E-state index in [1.165, 1.54) is 0 Å². The molecule has 11 heteroatoms. The van der Waals surface area contributed by atoms with Crippen LogP contribution in [0.25, 0.3) is 0 Å². The summed E-state index contributed by atoms with van der Waals surface area (Å²) in [5.74, 6) is -1.73. The summed E-state index contributed by atoms with van der Waals surface area (Å²) in [5.41, 5.74) is 0. The second-order valence-electron chi connectivity index (χ2n) is 6.23. The van der Waals surface area contributed by atoms with Crippen molar-refractivity contribution in [3.8, 4) is 0 Å². The monoisotopic (exact) mass is 360 g/mol. The number of nitrogens with zero attached hydrogens (tertiary/aromatic N) is 1. The van der Waals surface area contributed by atoms with Crippen LogP contribution in [-0.4, -0.2) is 89.6 Å². The zero-order valence-corrected chi connectivity index (χ0v) is 14.5. The minimum Gasteiger partial charge on any atom is -0.748 e. The van der Waals surface area contributed by atoms with Crippen LogP contribution in [0.1, 0.15) is 0 Å². The van der Waals surface area contributed by atoms with E-state index in [0.717, 1.165) is 0 Å². The molecule has 0 aromatic rings. The highest BCUT2D eigenvalue weighted by Crippen LogP contribution is 2.19. The molecule has 1 fully saturated rings. The molecule has 1 heterocycles. The lowest BCUT2D eigenvalue weighted by Crippen LogP contribution is -2.39. The zero-order chi connectivity index (χ0) is 17.6. The molecular formula is C11H24N2O7S2. The molecule has 0 aromatic heterocycles. The number of quaternary nitrogens is 1. The third-order valence-corrected chi connectivity index (χ3v) is 4.41. The smallest absolute Gasteiger partial charge is 0.359 e. The van der Waals surface area contributed by atoms with Crippen molar-refractivity contribution in [1.29, 1.82) is 0 Å². The van der Waals surface area contributed by atoms with Gasteiger partial charge in [-0.15, -0.1) is 0 Å². The van der Waals surface area contributed by atoms with E-state index in [2.05, 4.69) is 5.32 Å². The molecular weight excluding hydrogens is 336 g/mol. The topological polar surface area (TPSA) is 144 Å². The zero-order valence-electron chi connectivity index (χ0n) is 12.9. The van der Waals surface area contributed by atoms with E-state index in [9.17, 15) is 22.0 Å². The highest BCUT2D eigenvalue weighted by atomic mass is 32.2. The molecule has 132 valence electrons. The van der Waals surface area contributed by atoms with Crippen molar-refractivity contribution in [1.82, 2.24) is 5.32 Å². The fourth-order valence-corrected chi connectivity index (χ4v) is 3.70. The van der Waals surface area contributed by atoms with Gasteiger partial charge in [0.2, 0.25) is 0 Å². The number of rotatable bonds is 6. The van der Waals surface area contributed by atoms with E-state index in [0.29, 0.717) is 17.6 Å². The van der Waals surface area contributed by atoms with Crippen molar-refractivity contribution in [3.05, 3.63) is 0 Å². The second-order valence-corrected chi connectivity index (χ2v) is 8.66. The number of carboxylic acids is 1. The molecule has 1 aliphatic rings. The maximum Gasteiger partial charge on any atom is 0.359 e. The Bertz CT molecular complexity index is 487. The molecule has 9 nitrogen and oxygen atoms in total. The molecule has 1 aliphatic heterocycles. The van der Waals surface area contributed by atoms with Crippen molar-refractivity contribution < 1.29 is 36.1 Å². The molecule has 0 bridgehead atoms. The highest BCUT2D eigenvalue weighted by molar-refractivity contribution is 7.85. The van der Waals surface area contributed by atoms with Crippen LogP contribution in [-0.2, 0) is 26.0 Å². The summed E-state index contributed by atoms with van der Waals surface area (Å²) < 4.78 is 51.1. The Balaban J connectivity index is 0.000000472. The molecule has 22 heavy (non-hydrogen) atoms. The Morgan fingerprint density at radius 3 is 2.14 bits per heavy atom. The number of carboxylic acid groups (broad SMARTS) is 1. The maximum atomic E-state index is 10.5. The van der Waals surface area contributed by atoms with Crippen molar-refractivity contribution in [3.63, 3.8) is 0 Å². The van der Waals surface area contributed by atoms with Crippen LogP contribution in [0.15, 0.2) is 0 Å². The van der Waals surface area contributed by atoms with Gasteiger partial charge >= 0.3 is 5.97 Å². The van der Waals surface area contributed by atoms with E-state index in [1.807, 2.05) is 21.1 Å². The van der Waals surface area contributed by atoms with Crippen LogP contribution in [0.4, 0.5) is 0 Å². The number of nitrogens with one attached hydrogen (secondary N) is 1. The van der Waals surface area contributed by atoms with Gasteiger partial charge in [-0.05, 0) is 24.9 Å². The number of aliphatic carboxylic acids is 1. The van der Waals surface area contributed by atoms with Crippen molar-refractivity contribution in [2.24, 2.45) is 11.8 Å². The maximum absolute atomic E-state index is 10.5. The summed E-state index contributed by atoms with van der Waals surface area (Å²) in [5, 5.41) is 11.1. The van der Waals surface area contributed by atoms with Crippen LogP contribution in [0.3, 0.4) is 0 Å². The van der Waals surface area contributed by atoms with Gasteiger partial charge in [-0.3, -0.25) is 0 Å². The first kappa shape index (κ1) is 21.4. The summed E-state index contributed by atoms with van der Waals surface area (Å²) in [6.45, 7) is 1.09. The van der Waals surface area contributed by atoms with Crippen LogP contribution in [0.5, 0.6) is 0 Å². The highest BCUT2D eigenvalue weighted by Gasteiger charge is 2.29. The molecule has 0 radical (unpaired) electrons. The molecule has 0 spiro atoms. The molecule has 3 unspecified atom stereocenters. The molecule has 3 N–H and O–H groups in total. The standard InChI is InChI=1S/C6H13NO5S2.C5H11NO2/c8-13(9)3-5-1-7-2-6(5)4-14(10,11)12;1-6(2,3)4-5(7)8/h5-7H,1-4H2,(H,8,9)(H,10,11,12);4H2,1-3H3. The Kier molecular flexibility index (Phi) is 8.65. The van der Waals surface area contributed by atoms with Crippen molar-refractivity contribution in [2.45, 2.75) is 0 Å². The van der Waals surface area contributed by atoms with Crippen molar-refractivity contribution >= 4 is 27.2 Å². The van der Waals surface area contributed by atoms with Gasteiger partial charge in [0.05, 0.1) is 37.0 Å². The number of hydrogen-bond donors (Lipinski definition) is 3.